The summed E-state index contributed by atoms with van der Waals surface area (Å²) >= 11 is 0. The van der Waals surface area contributed by atoms with Crippen molar-refractivity contribution in [2.75, 3.05) is 11.6 Å². The van der Waals surface area contributed by atoms with E-state index in [1.54, 1.807) is 0 Å². The van der Waals surface area contributed by atoms with Gasteiger partial charge in [0.15, 0.2) is 0 Å². The average molecular weight is 377 g/mol. The second kappa shape index (κ2) is 7.88. The van der Waals surface area contributed by atoms with Crippen LogP contribution in [0.1, 0.15) is 48.6 Å². The standard InChI is InChI=1S/C21H23N5O2/c1-14-3-2-4-17(11-14)26-19(27)8-7-18(25-26)21(28)22-10-9-15-12-23-20(24-13-15)16-5-6-16/h2-4,11-13,16H,5-10H2,1H3,(H,22,28). The molecule has 0 bridgehead atoms. The molecule has 2 aliphatic rings. The number of rotatable bonds is 6. The number of hydrogen-bond donors (Lipinski definition) is 1. The average Bonchev–Trinajstić information content (AvgIpc) is 3.54. The van der Waals surface area contributed by atoms with Crippen LogP contribution in [-0.4, -0.2) is 34.0 Å². The maximum Gasteiger partial charge on any atom is 0.267 e. The van der Waals surface area contributed by atoms with E-state index in [4.69, 9.17) is 0 Å². The number of anilines is 1. The third-order valence-electron chi connectivity index (χ3n) is 4.91. The largest absolute Gasteiger partial charge is 0.351 e. The van der Waals surface area contributed by atoms with Crippen LogP contribution in [0.2, 0.25) is 0 Å². The minimum Gasteiger partial charge on any atom is -0.351 e. The van der Waals surface area contributed by atoms with Crippen LogP contribution >= 0.6 is 0 Å². The number of benzene rings is 1. The monoisotopic (exact) mass is 377 g/mol. The highest BCUT2D eigenvalue weighted by atomic mass is 16.2. The summed E-state index contributed by atoms with van der Waals surface area (Å²) < 4.78 is 0. The van der Waals surface area contributed by atoms with Crippen molar-refractivity contribution in [3.8, 4) is 0 Å². The fourth-order valence-electron chi connectivity index (χ4n) is 3.15. The Kier molecular flexibility index (Phi) is 5.14. The summed E-state index contributed by atoms with van der Waals surface area (Å²) in [4.78, 5) is 33.5. The van der Waals surface area contributed by atoms with Crippen LogP contribution in [0.5, 0.6) is 0 Å². The third kappa shape index (κ3) is 4.24. The number of hydrogen-bond acceptors (Lipinski definition) is 5. The molecule has 1 aliphatic heterocycles. The maximum atomic E-state index is 12.5. The highest BCUT2D eigenvalue weighted by Crippen LogP contribution is 2.37. The first kappa shape index (κ1) is 18.3. The van der Waals surface area contributed by atoms with Gasteiger partial charge in [0, 0.05) is 37.7 Å². The van der Waals surface area contributed by atoms with E-state index >= 15 is 0 Å². The number of amides is 2. The highest BCUT2D eigenvalue weighted by Gasteiger charge is 2.26. The maximum absolute atomic E-state index is 12.5. The molecule has 0 radical (unpaired) electrons. The fourth-order valence-corrected chi connectivity index (χ4v) is 3.15. The van der Waals surface area contributed by atoms with Crippen LogP contribution in [0.25, 0.3) is 0 Å². The summed E-state index contributed by atoms with van der Waals surface area (Å²) in [6.45, 7) is 2.43. The molecular formula is C21H23N5O2. The Hall–Kier alpha value is -3.09. The predicted molar refractivity (Wildman–Crippen MR) is 106 cm³/mol. The van der Waals surface area contributed by atoms with Crippen LogP contribution in [0.3, 0.4) is 0 Å². The first-order valence-electron chi connectivity index (χ1n) is 9.66. The second-order valence-electron chi connectivity index (χ2n) is 7.32. The first-order valence-corrected chi connectivity index (χ1v) is 9.66. The van der Waals surface area contributed by atoms with Crippen LogP contribution < -0.4 is 10.3 Å². The Morgan fingerprint density at radius 3 is 2.71 bits per heavy atom. The van der Waals surface area contributed by atoms with Crippen molar-refractivity contribution in [2.45, 2.75) is 44.9 Å². The number of nitrogens with one attached hydrogen (secondary N) is 1. The van der Waals surface area contributed by atoms with Crippen molar-refractivity contribution >= 4 is 23.2 Å². The number of carbonyl (C=O) groups is 2. The molecule has 2 aromatic rings. The van der Waals surface area contributed by atoms with E-state index in [0.717, 1.165) is 17.0 Å². The van der Waals surface area contributed by atoms with Crippen LogP contribution in [0.4, 0.5) is 5.69 Å². The van der Waals surface area contributed by atoms with Gasteiger partial charge in [0.2, 0.25) is 5.91 Å². The molecule has 0 atom stereocenters. The lowest BCUT2D eigenvalue weighted by molar-refractivity contribution is -0.118. The summed E-state index contributed by atoms with van der Waals surface area (Å²) in [6, 6.07) is 7.53. The van der Waals surface area contributed by atoms with E-state index in [0.29, 0.717) is 36.7 Å². The quantitative estimate of drug-likeness (QED) is 0.838. The highest BCUT2D eigenvalue weighted by molar-refractivity contribution is 6.40. The Balaban J connectivity index is 1.35. The molecule has 2 amide bonds. The molecule has 1 aromatic carbocycles. The van der Waals surface area contributed by atoms with Crippen molar-refractivity contribution in [1.82, 2.24) is 15.3 Å². The van der Waals surface area contributed by atoms with Crippen molar-refractivity contribution < 1.29 is 9.59 Å². The molecule has 28 heavy (non-hydrogen) atoms. The number of aryl methyl sites for hydroxylation is 1. The molecule has 0 spiro atoms. The van der Waals surface area contributed by atoms with Gasteiger partial charge >= 0.3 is 0 Å². The molecule has 1 N–H and O–H groups in total. The lowest BCUT2D eigenvalue weighted by Gasteiger charge is -2.23. The van der Waals surface area contributed by atoms with Gasteiger partial charge in [-0.15, -0.1) is 0 Å². The molecule has 1 fully saturated rings. The minimum atomic E-state index is -0.235. The van der Waals surface area contributed by atoms with Gasteiger partial charge in [-0.2, -0.15) is 5.10 Å². The molecule has 4 rings (SSSR count). The van der Waals surface area contributed by atoms with Crippen LogP contribution in [0.15, 0.2) is 41.8 Å². The van der Waals surface area contributed by atoms with Gasteiger partial charge in [0.1, 0.15) is 11.5 Å². The summed E-state index contributed by atoms with van der Waals surface area (Å²) in [5.74, 6) is 1.12. The van der Waals surface area contributed by atoms with E-state index in [1.165, 1.54) is 17.9 Å². The Morgan fingerprint density at radius 1 is 1.21 bits per heavy atom. The molecule has 0 saturated heterocycles. The van der Waals surface area contributed by atoms with Crippen molar-refractivity contribution in [3.05, 3.63) is 53.6 Å². The molecule has 0 unspecified atom stereocenters. The molecule has 2 heterocycles. The van der Waals surface area contributed by atoms with Gasteiger partial charge in [0.05, 0.1) is 5.69 Å². The van der Waals surface area contributed by atoms with Gasteiger partial charge in [-0.25, -0.2) is 15.0 Å². The smallest absolute Gasteiger partial charge is 0.267 e. The number of nitrogens with zero attached hydrogens (tertiary/aromatic N) is 4. The minimum absolute atomic E-state index is 0.102. The van der Waals surface area contributed by atoms with Crippen molar-refractivity contribution in [3.63, 3.8) is 0 Å². The molecule has 1 aromatic heterocycles. The molecule has 1 aliphatic carbocycles. The van der Waals surface area contributed by atoms with Crippen LogP contribution in [-0.2, 0) is 16.0 Å². The number of hydrazone groups is 1. The van der Waals surface area contributed by atoms with Gasteiger partial charge in [-0.1, -0.05) is 12.1 Å². The SMILES string of the molecule is Cc1cccc(N2N=C(C(=O)NCCc3cnc(C4CC4)nc3)CCC2=O)c1. The van der Waals surface area contributed by atoms with Gasteiger partial charge in [-0.3, -0.25) is 9.59 Å². The summed E-state index contributed by atoms with van der Waals surface area (Å²) in [5, 5.41) is 8.52. The summed E-state index contributed by atoms with van der Waals surface area (Å²) in [6.07, 6.45) is 7.32. The Bertz CT molecular complexity index is 919. The topological polar surface area (TPSA) is 87.6 Å². The predicted octanol–water partition coefficient (Wildman–Crippen LogP) is 2.50. The molecule has 7 heteroatoms. The summed E-state index contributed by atoms with van der Waals surface area (Å²) in [5.41, 5.74) is 3.09. The Morgan fingerprint density at radius 2 is 2.00 bits per heavy atom. The normalized spacial score (nSPS) is 16.7. The lowest BCUT2D eigenvalue weighted by Crippen LogP contribution is -2.39. The first-order chi connectivity index (χ1) is 13.6. The summed E-state index contributed by atoms with van der Waals surface area (Å²) in [7, 11) is 0. The van der Waals surface area contributed by atoms with E-state index in [1.807, 2.05) is 43.6 Å². The number of carbonyl (C=O) groups excluding carboxylic acids is 2. The van der Waals surface area contributed by atoms with E-state index in [-0.39, 0.29) is 18.2 Å². The van der Waals surface area contributed by atoms with Crippen LogP contribution in [0, 0.1) is 6.92 Å². The number of aromatic nitrogens is 2. The molecule has 144 valence electrons. The Labute approximate surface area is 163 Å². The van der Waals surface area contributed by atoms with E-state index in [9.17, 15) is 9.59 Å². The molecule has 1 saturated carbocycles. The van der Waals surface area contributed by atoms with Gasteiger partial charge in [-0.05, 0) is 49.4 Å². The molecular weight excluding hydrogens is 354 g/mol. The lowest BCUT2D eigenvalue weighted by atomic mass is 10.1. The zero-order valence-electron chi connectivity index (χ0n) is 15.9. The van der Waals surface area contributed by atoms with Gasteiger partial charge < -0.3 is 5.32 Å². The van der Waals surface area contributed by atoms with Crippen molar-refractivity contribution in [2.24, 2.45) is 5.10 Å². The zero-order chi connectivity index (χ0) is 19.5. The van der Waals surface area contributed by atoms with E-state index < -0.39 is 0 Å². The van der Waals surface area contributed by atoms with E-state index in [2.05, 4.69) is 20.4 Å². The molecule has 7 nitrogen and oxygen atoms in total. The second-order valence-corrected chi connectivity index (χ2v) is 7.32. The van der Waals surface area contributed by atoms with Gasteiger partial charge in [0.25, 0.3) is 5.91 Å². The zero-order valence-corrected chi connectivity index (χ0v) is 15.9. The van der Waals surface area contributed by atoms with Crippen molar-refractivity contribution in [1.29, 1.82) is 0 Å². The fraction of sp³-hybridized carbons (Fsp3) is 0.381. The third-order valence-corrected chi connectivity index (χ3v) is 4.91.